The topological polar surface area (TPSA) is 23.5 Å². The lowest BCUT2D eigenvalue weighted by atomic mass is 10.0. The molecular weight excluding hydrogens is 126 g/mol. The summed E-state index contributed by atoms with van der Waals surface area (Å²) in [6, 6.07) is 0. The van der Waals surface area contributed by atoms with Gasteiger partial charge in [0.05, 0.1) is 6.61 Å². The number of hydrogen-bond donors (Lipinski definition) is 1. The molecule has 0 aromatic carbocycles. The zero-order valence-electron chi connectivity index (χ0n) is 6.71. The highest BCUT2D eigenvalue weighted by atomic mass is 16.3. The molecule has 0 aliphatic carbocycles. The maximum Gasteiger partial charge on any atom is 0.0558 e. The highest BCUT2D eigenvalue weighted by Gasteiger charge is 2.14. The van der Waals surface area contributed by atoms with Crippen LogP contribution in [0.2, 0.25) is 0 Å². The largest absolute Gasteiger partial charge is 0.395 e. The number of piperidine rings is 1. The minimum atomic E-state index is 0.312. The van der Waals surface area contributed by atoms with Gasteiger partial charge in [0.1, 0.15) is 0 Å². The van der Waals surface area contributed by atoms with Gasteiger partial charge in [-0.1, -0.05) is 6.92 Å². The normalized spacial score (nSPS) is 28.8. The van der Waals surface area contributed by atoms with Crippen LogP contribution in [0.1, 0.15) is 19.8 Å². The molecule has 0 bridgehead atoms. The van der Waals surface area contributed by atoms with Crippen LogP contribution in [0, 0.1) is 5.92 Å². The van der Waals surface area contributed by atoms with Crippen molar-refractivity contribution in [2.75, 3.05) is 26.2 Å². The Balaban J connectivity index is 2.18. The Morgan fingerprint density at radius 2 is 2.40 bits per heavy atom. The van der Waals surface area contributed by atoms with Crippen LogP contribution >= 0.6 is 0 Å². The van der Waals surface area contributed by atoms with Crippen molar-refractivity contribution in [1.29, 1.82) is 0 Å². The number of aliphatic hydroxyl groups is 1. The molecule has 1 fully saturated rings. The molecule has 1 saturated heterocycles. The van der Waals surface area contributed by atoms with Gasteiger partial charge in [0.15, 0.2) is 0 Å². The summed E-state index contributed by atoms with van der Waals surface area (Å²) >= 11 is 0. The molecule has 0 spiro atoms. The van der Waals surface area contributed by atoms with Gasteiger partial charge in [0.25, 0.3) is 0 Å². The predicted octanol–water partition coefficient (Wildman–Crippen LogP) is 0.711. The maximum absolute atomic E-state index is 8.66. The quantitative estimate of drug-likeness (QED) is 0.615. The lowest BCUT2D eigenvalue weighted by molar-refractivity contribution is 0.146. The summed E-state index contributed by atoms with van der Waals surface area (Å²) in [4.78, 5) is 2.34. The summed E-state index contributed by atoms with van der Waals surface area (Å²) in [6.07, 6.45) is 2.67. The summed E-state index contributed by atoms with van der Waals surface area (Å²) in [6.45, 7) is 5.83. The van der Waals surface area contributed by atoms with E-state index in [0.29, 0.717) is 6.61 Å². The van der Waals surface area contributed by atoms with Gasteiger partial charge < -0.3 is 10.0 Å². The highest BCUT2D eigenvalue weighted by Crippen LogP contribution is 2.14. The maximum atomic E-state index is 8.66. The smallest absolute Gasteiger partial charge is 0.0558 e. The Morgan fingerprint density at radius 3 is 3.00 bits per heavy atom. The fourth-order valence-electron chi connectivity index (χ4n) is 1.63. The molecule has 0 radical (unpaired) electrons. The van der Waals surface area contributed by atoms with Crippen molar-refractivity contribution in [2.45, 2.75) is 19.8 Å². The van der Waals surface area contributed by atoms with Gasteiger partial charge >= 0.3 is 0 Å². The van der Waals surface area contributed by atoms with E-state index in [1.165, 1.54) is 25.9 Å². The predicted molar refractivity (Wildman–Crippen MR) is 41.9 cm³/mol. The first-order chi connectivity index (χ1) is 4.83. The minimum Gasteiger partial charge on any atom is -0.395 e. The molecule has 1 heterocycles. The third-order valence-corrected chi connectivity index (χ3v) is 2.16. The van der Waals surface area contributed by atoms with Crippen molar-refractivity contribution in [3.05, 3.63) is 0 Å². The molecule has 1 aliphatic rings. The molecule has 2 nitrogen and oxygen atoms in total. The highest BCUT2D eigenvalue weighted by molar-refractivity contribution is 4.68. The average molecular weight is 143 g/mol. The number of β-amino-alcohol motifs (C(OH)–C–C–N with tert-alkyl or cyclic N) is 1. The van der Waals surface area contributed by atoms with Crippen molar-refractivity contribution in [2.24, 2.45) is 5.92 Å². The summed E-state index contributed by atoms with van der Waals surface area (Å²) in [5.41, 5.74) is 0. The molecule has 0 amide bonds. The van der Waals surface area contributed by atoms with Gasteiger partial charge in [-0.05, 0) is 25.3 Å². The van der Waals surface area contributed by atoms with Crippen LogP contribution in [0.4, 0.5) is 0 Å². The van der Waals surface area contributed by atoms with E-state index >= 15 is 0 Å². The number of rotatable bonds is 2. The Hall–Kier alpha value is -0.0800. The Bertz CT molecular complexity index is 93.3. The number of hydrogen-bond acceptors (Lipinski definition) is 2. The molecule has 60 valence electrons. The van der Waals surface area contributed by atoms with Crippen LogP contribution in [0.3, 0.4) is 0 Å². The van der Waals surface area contributed by atoms with E-state index in [1.807, 2.05) is 0 Å². The molecule has 1 N–H and O–H groups in total. The van der Waals surface area contributed by atoms with Gasteiger partial charge in [-0.15, -0.1) is 0 Å². The zero-order chi connectivity index (χ0) is 7.40. The summed E-state index contributed by atoms with van der Waals surface area (Å²) in [5, 5.41) is 8.66. The van der Waals surface area contributed by atoms with Crippen LogP contribution in [0.25, 0.3) is 0 Å². The van der Waals surface area contributed by atoms with Crippen LogP contribution in [-0.4, -0.2) is 36.2 Å². The van der Waals surface area contributed by atoms with Gasteiger partial charge in [-0.25, -0.2) is 0 Å². The fourth-order valence-corrected chi connectivity index (χ4v) is 1.63. The second kappa shape index (κ2) is 3.94. The molecule has 0 aromatic rings. The van der Waals surface area contributed by atoms with Crippen molar-refractivity contribution in [1.82, 2.24) is 4.90 Å². The van der Waals surface area contributed by atoms with Gasteiger partial charge in [-0.2, -0.15) is 0 Å². The SMILES string of the molecule is CC1CCCN(CCO)C1. The number of likely N-dealkylation sites (tertiary alicyclic amines) is 1. The molecule has 1 unspecified atom stereocenters. The average Bonchev–Trinajstić information content (AvgIpc) is 1.88. The van der Waals surface area contributed by atoms with Crippen molar-refractivity contribution in [3.8, 4) is 0 Å². The standard InChI is InChI=1S/C8H17NO/c1-8-3-2-4-9(7-8)5-6-10/h8,10H,2-7H2,1H3. The molecule has 1 atom stereocenters. The van der Waals surface area contributed by atoms with E-state index < -0.39 is 0 Å². The van der Waals surface area contributed by atoms with Crippen molar-refractivity contribution in [3.63, 3.8) is 0 Å². The van der Waals surface area contributed by atoms with E-state index in [4.69, 9.17) is 5.11 Å². The first-order valence-corrected chi connectivity index (χ1v) is 4.16. The van der Waals surface area contributed by atoms with Gasteiger partial charge in [0.2, 0.25) is 0 Å². The van der Waals surface area contributed by atoms with Crippen LogP contribution < -0.4 is 0 Å². The van der Waals surface area contributed by atoms with Crippen LogP contribution in [-0.2, 0) is 0 Å². The zero-order valence-corrected chi connectivity index (χ0v) is 6.71. The van der Waals surface area contributed by atoms with Crippen molar-refractivity contribution >= 4 is 0 Å². The van der Waals surface area contributed by atoms with Gasteiger partial charge in [-0.3, -0.25) is 0 Å². The Labute approximate surface area is 62.8 Å². The first kappa shape index (κ1) is 8.02. The second-order valence-corrected chi connectivity index (χ2v) is 3.27. The van der Waals surface area contributed by atoms with Crippen LogP contribution in [0.5, 0.6) is 0 Å². The molecule has 10 heavy (non-hydrogen) atoms. The monoisotopic (exact) mass is 143 g/mol. The third-order valence-electron chi connectivity index (χ3n) is 2.16. The fraction of sp³-hybridized carbons (Fsp3) is 1.00. The third kappa shape index (κ3) is 2.27. The van der Waals surface area contributed by atoms with Gasteiger partial charge in [0, 0.05) is 13.1 Å². The van der Waals surface area contributed by atoms with E-state index in [1.54, 1.807) is 0 Å². The molecule has 0 aromatic heterocycles. The van der Waals surface area contributed by atoms with Crippen LogP contribution in [0.15, 0.2) is 0 Å². The summed E-state index contributed by atoms with van der Waals surface area (Å²) in [5.74, 6) is 0.834. The van der Waals surface area contributed by atoms with E-state index in [2.05, 4.69) is 11.8 Å². The number of nitrogens with zero attached hydrogens (tertiary/aromatic N) is 1. The number of aliphatic hydroxyl groups excluding tert-OH is 1. The summed E-state index contributed by atoms with van der Waals surface area (Å²) in [7, 11) is 0. The molecule has 1 rings (SSSR count). The lowest BCUT2D eigenvalue weighted by Gasteiger charge is -2.29. The molecule has 0 saturated carbocycles. The van der Waals surface area contributed by atoms with E-state index in [9.17, 15) is 0 Å². The Morgan fingerprint density at radius 1 is 1.60 bits per heavy atom. The van der Waals surface area contributed by atoms with E-state index in [0.717, 1.165) is 12.5 Å². The second-order valence-electron chi connectivity index (χ2n) is 3.27. The van der Waals surface area contributed by atoms with E-state index in [-0.39, 0.29) is 0 Å². The molecule has 1 aliphatic heterocycles. The minimum absolute atomic E-state index is 0.312. The lowest BCUT2D eigenvalue weighted by Crippen LogP contribution is -2.36. The Kier molecular flexibility index (Phi) is 3.16. The molecule has 2 heteroatoms. The summed E-state index contributed by atoms with van der Waals surface area (Å²) < 4.78 is 0. The first-order valence-electron chi connectivity index (χ1n) is 4.16. The van der Waals surface area contributed by atoms with Crippen molar-refractivity contribution < 1.29 is 5.11 Å². The molecular formula is C8H17NO.